The molecule has 0 radical (unpaired) electrons. The van der Waals surface area contributed by atoms with E-state index in [9.17, 15) is 0 Å². The Hall–Kier alpha value is -1.57. The molecule has 13 heavy (non-hydrogen) atoms. The highest BCUT2D eigenvalue weighted by molar-refractivity contribution is 7.79. The Balaban J connectivity index is 0.000000252. The van der Waals surface area contributed by atoms with Gasteiger partial charge in [0, 0.05) is 12.0 Å². The first-order chi connectivity index (χ1) is 5.83. The van der Waals surface area contributed by atoms with Gasteiger partial charge in [-0.1, -0.05) is 0 Å². The van der Waals surface area contributed by atoms with Crippen molar-refractivity contribution in [2.75, 3.05) is 0 Å². The van der Waals surface area contributed by atoms with E-state index in [1.54, 1.807) is 6.92 Å². The lowest BCUT2D eigenvalue weighted by Crippen LogP contribution is -1.90. The van der Waals surface area contributed by atoms with Gasteiger partial charge in [0.2, 0.25) is 16.2 Å². The summed E-state index contributed by atoms with van der Waals surface area (Å²) in [5.74, 6) is 0.709. The van der Waals surface area contributed by atoms with Gasteiger partial charge in [0.15, 0.2) is 0 Å². The van der Waals surface area contributed by atoms with Crippen molar-refractivity contribution < 1.29 is 17.5 Å². The summed E-state index contributed by atoms with van der Waals surface area (Å²) in [4.78, 5) is 6.38. The van der Waals surface area contributed by atoms with Gasteiger partial charge in [-0.25, -0.2) is 8.42 Å². The smallest absolute Gasteiger partial charge is 0.583 e. The Morgan fingerprint density at radius 1 is 1.69 bits per heavy atom. The fraction of sp³-hybridized carbons (Fsp3) is 0.333. The second-order valence-corrected chi connectivity index (χ2v) is 2.60. The zero-order valence-corrected chi connectivity index (χ0v) is 7.19. The quantitative estimate of drug-likeness (QED) is 0.334. The average molecular weight is 207 g/mol. The molecule has 0 saturated heterocycles. The van der Waals surface area contributed by atoms with E-state index < -0.39 is 10.4 Å². The van der Waals surface area contributed by atoms with Crippen LogP contribution in [0.4, 0.5) is 5.95 Å². The average Bonchev–Trinajstić information content (AvgIpc) is 2.31. The molecule has 1 aromatic rings. The van der Waals surface area contributed by atoms with Gasteiger partial charge in [-0.15, -0.1) is 0 Å². The molecule has 0 spiro atoms. The SMILES string of the molecule is Cc1nc([N+]#N)n[nH]1.O=S(=O)([O-])O. The molecular formula is C3H5N5O4S. The number of hydrogen-bond acceptors (Lipinski definition) is 6. The van der Waals surface area contributed by atoms with Crippen LogP contribution >= 0.6 is 0 Å². The molecule has 0 amide bonds. The Labute approximate surface area is 73.0 Å². The molecule has 0 bridgehead atoms. The van der Waals surface area contributed by atoms with Crippen LogP contribution in [-0.2, 0) is 10.4 Å². The first kappa shape index (κ1) is 11.4. The van der Waals surface area contributed by atoms with E-state index in [4.69, 9.17) is 22.9 Å². The molecule has 9 nitrogen and oxygen atoms in total. The van der Waals surface area contributed by atoms with Crippen LogP contribution in [0.5, 0.6) is 0 Å². The summed E-state index contributed by atoms with van der Waals surface area (Å²) in [7, 11) is -4.92. The summed E-state index contributed by atoms with van der Waals surface area (Å²) in [5, 5.41) is 14.0. The van der Waals surface area contributed by atoms with Crippen LogP contribution in [0.1, 0.15) is 5.82 Å². The van der Waals surface area contributed by atoms with Gasteiger partial charge < -0.3 is 4.55 Å². The predicted octanol–water partition coefficient (Wildman–Crippen LogP) is -0.398. The van der Waals surface area contributed by atoms with Gasteiger partial charge in [-0.05, 0) is 9.96 Å². The molecule has 2 N–H and O–H groups in total. The van der Waals surface area contributed by atoms with Crippen molar-refractivity contribution in [3.05, 3.63) is 10.8 Å². The van der Waals surface area contributed by atoms with Crippen LogP contribution in [0, 0.1) is 12.3 Å². The molecule has 1 rings (SSSR count). The first-order valence-corrected chi connectivity index (χ1v) is 4.12. The number of hydrogen-bond donors (Lipinski definition) is 2. The molecule has 0 aliphatic carbocycles. The number of rotatable bonds is 0. The van der Waals surface area contributed by atoms with E-state index in [0.717, 1.165) is 0 Å². The highest BCUT2D eigenvalue weighted by Crippen LogP contribution is 1.98. The zero-order valence-electron chi connectivity index (χ0n) is 6.37. The van der Waals surface area contributed by atoms with Gasteiger partial charge in [0.05, 0.1) is 5.39 Å². The Morgan fingerprint density at radius 2 is 2.15 bits per heavy atom. The van der Waals surface area contributed by atoms with Gasteiger partial charge in [0.25, 0.3) is 0 Å². The summed E-state index contributed by atoms with van der Waals surface area (Å²) in [6.07, 6.45) is 0. The van der Waals surface area contributed by atoms with Crippen LogP contribution in [0.15, 0.2) is 0 Å². The highest BCUT2D eigenvalue weighted by atomic mass is 32.3. The Morgan fingerprint density at radius 3 is 2.31 bits per heavy atom. The third-order valence-electron chi connectivity index (χ3n) is 0.675. The van der Waals surface area contributed by atoms with E-state index in [1.165, 1.54) is 0 Å². The molecule has 0 aliphatic rings. The van der Waals surface area contributed by atoms with Crippen molar-refractivity contribution >= 4 is 16.3 Å². The van der Waals surface area contributed by atoms with Crippen LogP contribution in [0.3, 0.4) is 0 Å². The molecule has 0 aromatic carbocycles. The van der Waals surface area contributed by atoms with Crippen molar-refractivity contribution in [2.24, 2.45) is 0 Å². The number of aromatic amines is 1. The normalized spacial score (nSPS) is 9.69. The lowest BCUT2D eigenvalue weighted by Gasteiger charge is -1.88. The fourth-order valence-electron chi connectivity index (χ4n) is 0.376. The van der Waals surface area contributed by atoms with Crippen molar-refractivity contribution in [1.29, 1.82) is 5.39 Å². The maximum absolute atomic E-state index is 8.63. The zero-order chi connectivity index (χ0) is 10.5. The van der Waals surface area contributed by atoms with Gasteiger partial charge in [-0.2, -0.15) is 5.10 Å². The maximum Gasteiger partial charge on any atom is 0.583 e. The largest absolute Gasteiger partial charge is 0.726 e. The molecule has 1 aromatic heterocycles. The van der Waals surface area contributed by atoms with Crippen LogP contribution in [0.25, 0.3) is 4.98 Å². The molecule has 72 valence electrons. The van der Waals surface area contributed by atoms with Gasteiger partial charge >= 0.3 is 5.95 Å². The number of diazo groups is 1. The monoisotopic (exact) mass is 207 g/mol. The molecule has 10 heteroatoms. The minimum Gasteiger partial charge on any atom is -0.726 e. The first-order valence-electron chi connectivity index (χ1n) is 2.75. The molecule has 0 saturated carbocycles. The second kappa shape index (κ2) is 4.45. The molecule has 1 heterocycles. The fourth-order valence-corrected chi connectivity index (χ4v) is 0.376. The summed E-state index contributed by atoms with van der Waals surface area (Å²) in [6, 6.07) is 0. The minimum atomic E-state index is -4.92. The Kier molecular flexibility index (Phi) is 3.92. The van der Waals surface area contributed by atoms with Gasteiger partial charge in [0.1, 0.15) is 0 Å². The molecule has 0 atom stereocenters. The van der Waals surface area contributed by atoms with E-state index in [2.05, 4.69) is 20.2 Å². The van der Waals surface area contributed by atoms with E-state index in [-0.39, 0.29) is 5.95 Å². The predicted molar refractivity (Wildman–Crippen MR) is 38.2 cm³/mol. The molecule has 0 aliphatic heterocycles. The number of H-pyrrole nitrogens is 1. The number of nitrogens with one attached hydrogen (secondary N) is 1. The lowest BCUT2D eigenvalue weighted by molar-refractivity contribution is 0.366. The van der Waals surface area contributed by atoms with Crippen LogP contribution in [0.2, 0.25) is 0 Å². The van der Waals surface area contributed by atoms with E-state index >= 15 is 0 Å². The maximum atomic E-state index is 8.63. The van der Waals surface area contributed by atoms with Crippen molar-refractivity contribution in [3.8, 4) is 0 Å². The van der Waals surface area contributed by atoms with E-state index in [0.29, 0.717) is 5.82 Å². The number of aryl methyl sites for hydroxylation is 1. The number of aromatic nitrogens is 3. The third kappa shape index (κ3) is 8.34. The summed E-state index contributed by atoms with van der Waals surface area (Å²) >= 11 is 0. The molecule has 0 unspecified atom stereocenters. The molecule has 0 fully saturated rings. The lowest BCUT2D eigenvalue weighted by atomic mass is 10.8. The van der Waals surface area contributed by atoms with Gasteiger partial charge in [-0.3, -0.25) is 4.55 Å². The Bertz CT molecular complexity index is 394. The minimum absolute atomic E-state index is 0.0718. The summed E-state index contributed by atoms with van der Waals surface area (Å²) in [5.41, 5.74) is 0. The summed E-state index contributed by atoms with van der Waals surface area (Å²) in [6.45, 7) is 1.72. The van der Waals surface area contributed by atoms with Crippen molar-refractivity contribution in [3.63, 3.8) is 0 Å². The van der Waals surface area contributed by atoms with E-state index in [1.807, 2.05) is 0 Å². The topological polar surface area (TPSA) is 147 Å². The highest BCUT2D eigenvalue weighted by Gasteiger charge is 2.09. The van der Waals surface area contributed by atoms with Crippen molar-refractivity contribution in [2.45, 2.75) is 6.92 Å². The second-order valence-electron chi connectivity index (χ2n) is 1.75. The third-order valence-corrected chi connectivity index (χ3v) is 0.675. The summed E-state index contributed by atoms with van der Waals surface area (Å²) < 4.78 is 32.8. The molecular weight excluding hydrogens is 202 g/mol. The van der Waals surface area contributed by atoms with Crippen molar-refractivity contribution in [1.82, 2.24) is 15.2 Å². The standard InChI is InChI=1S/C3H4N5.H2O4S/c1-2-5-3(6-4)8-7-2;1-5(2,3)4/h1H3,(H,5,7,8);(H2,1,2,3,4)/q+1;/p-1. The number of nitrogens with zero attached hydrogens (tertiary/aromatic N) is 4. The van der Waals surface area contributed by atoms with Crippen LogP contribution < -0.4 is 0 Å². The van der Waals surface area contributed by atoms with Crippen LogP contribution in [-0.4, -0.2) is 32.7 Å².